The van der Waals surface area contributed by atoms with E-state index in [1.54, 1.807) is 6.20 Å². The van der Waals surface area contributed by atoms with Crippen LogP contribution in [0.25, 0.3) is 22.2 Å². The summed E-state index contributed by atoms with van der Waals surface area (Å²) in [7, 11) is 0. The Kier molecular flexibility index (Phi) is 6.12. The number of hydrogen-bond donors (Lipinski definition) is 1. The number of hydrogen-bond acceptors (Lipinski definition) is 5. The normalized spacial score (nSPS) is 14.4. The fraction of sp³-hybridized carbons (Fsp3) is 0.308. The van der Waals surface area contributed by atoms with E-state index < -0.39 is 21.5 Å². The first-order chi connectivity index (χ1) is 15.2. The number of nitrogens with zero attached hydrogens (tertiary/aromatic N) is 2. The fourth-order valence-electron chi connectivity index (χ4n) is 3.82. The van der Waals surface area contributed by atoms with Crippen LogP contribution in [0.4, 0.5) is 0 Å². The predicted molar refractivity (Wildman–Crippen MR) is 130 cm³/mol. The molecule has 1 unspecified atom stereocenters. The summed E-state index contributed by atoms with van der Waals surface area (Å²) in [5.41, 5.74) is 3.93. The average Bonchev–Trinajstić information content (AvgIpc) is 3.21. The number of fused-ring (bicyclic) bond motifs is 1. The summed E-state index contributed by atoms with van der Waals surface area (Å²) in [5.74, 6) is 0. The molecule has 0 saturated heterocycles. The maximum Gasteiger partial charge on any atom is 0.167 e. The van der Waals surface area contributed by atoms with Crippen molar-refractivity contribution < 1.29 is 9.08 Å². The van der Waals surface area contributed by atoms with Crippen LogP contribution in [0.3, 0.4) is 0 Å². The molecule has 166 valence electrons. The Hall–Kier alpha value is -2.67. The van der Waals surface area contributed by atoms with Crippen LogP contribution in [0.1, 0.15) is 51.9 Å². The minimum absolute atomic E-state index is 0.288. The van der Waals surface area contributed by atoms with Crippen LogP contribution >= 0.6 is 0 Å². The molecule has 4 aromatic rings. The number of rotatable bonds is 6. The Bertz CT molecular complexity index is 1200. The van der Waals surface area contributed by atoms with E-state index in [9.17, 15) is 4.55 Å². The molecule has 0 amide bonds. The molecule has 0 aliphatic carbocycles. The zero-order chi connectivity index (χ0) is 22.9. The highest BCUT2D eigenvalue weighted by Crippen LogP contribution is 2.42. The third-order valence-electron chi connectivity index (χ3n) is 5.73. The van der Waals surface area contributed by atoms with Gasteiger partial charge in [-0.2, -0.15) is 0 Å². The summed E-state index contributed by atoms with van der Waals surface area (Å²) < 4.78 is 21.9. The SMILES string of the molecule is CC(C)(c1ccccn1)[C@H](N[S+]([O-])C(C)(C)C)c1ccccc1-c1noc2ccccc12. The third kappa shape index (κ3) is 4.31. The molecule has 0 spiro atoms. The Morgan fingerprint density at radius 2 is 1.59 bits per heavy atom. The van der Waals surface area contributed by atoms with Crippen molar-refractivity contribution in [1.29, 1.82) is 0 Å². The largest absolute Gasteiger partial charge is 0.598 e. The topological polar surface area (TPSA) is 74.0 Å². The highest BCUT2D eigenvalue weighted by atomic mass is 32.2. The first-order valence-electron chi connectivity index (χ1n) is 10.7. The molecule has 2 aromatic heterocycles. The molecule has 4 rings (SSSR count). The minimum atomic E-state index is -1.29. The highest BCUT2D eigenvalue weighted by molar-refractivity contribution is 7.90. The summed E-state index contributed by atoms with van der Waals surface area (Å²) in [6.45, 7) is 10.2. The molecule has 2 atom stereocenters. The van der Waals surface area contributed by atoms with Crippen LogP contribution in [0, 0.1) is 0 Å². The van der Waals surface area contributed by atoms with Gasteiger partial charge in [-0.15, -0.1) is 4.72 Å². The van der Waals surface area contributed by atoms with Gasteiger partial charge in [0.05, 0.1) is 6.04 Å². The lowest BCUT2D eigenvalue weighted by atomic mass is 9.76. The molecule has 0 radical (unpaired) electrons. The number of pyridine rings is 1. The molecule has 0 saturated carbocycles. The van der Waals surface area contributed by atoms with Crippen LogP contribution < -0.4 is 4.72 Å². The smallest absolute Gasteiger partial charge is 0.167 e. The molecule has 0 bridgehead atoms. The van der Waals surface area contributed by atoms with Crippen LogP contribution in [0.5, 0.6) is 0 Å². The maximum absolute atomic E-state index is 13.3. The molecule has 0 fully saturated rings. The van der Waals surface area contributed by atoms with Crippen LogP contribution in [0.2, 0.25) is 0 Å². The quantitative estimate of drug-likeness (QED) is 0.369. The Morgan fingerprint density at radius 1 is 0.906 bits per heavy atom. The monoisotopic (exact) mass is 447 g/mol. The molecular weight excluding hydrogens is 418 g/mol. The van der Waals surface area contributed by atoms with E-state index in [1.165, 1.54) is 0 Å². The lowest BCUT2D eigenvalue weighted by Crippen LogP contribution is -2.47. The Labute approximate surface area is 192 Å². The molecule has 0 aliphatic rings. The second-order valence-electron chi connectivity index (χ2n) is 9.48. The van der Waals surface area contributed by atoms with E-state index in [0.717, 1.165) is 33.5 Å². The molecular formula is C26H29N3O2S. The van der Waals surface area contributed by atoms with Crippen LogP contribution in [0.15, 0.2) is 77.4 Å². The zero-order valence-corrected chi connectivity index (χ0v) is 19.9. The molecule has 32 heavy (non-hydrogen) atoms. The van der Waals surface area contributed by atoms with Crippen molar-refractivity contribution in [2.75, 3.05) is 0 Å². The van der Waals surface area contributed by atoms with Gasteiger partial charge in [0.15, 0.2) is 5.58 Å². The van der Waals surface area contributed by atoms with Gasteiger partial charge in [0.1, 0.15) is 10.4 Å². The zero-order valence-electron chi connectivity index (χ0n) is 19.1. The predicted octanol–water partition coefficient (Wildman–Crippen LogP) is 5.96. The summed E-state index contributed by atoms with van der Waals surface area (Å²) in [6, 6.07) is 21.6. The van der Waals surface area contributed by atoms with Crippen molar-refractivity contribution in [2.24, 2.45) is 0 Å². The van der Waals surface area contributed by atoms with E-state index in [-0.39, 0.29) is 6.04 Å². The first-order valence-corrected chi connectivity index (χ1v) is 11.9. The number of nitrogens with one attached hydrogen (secondary N) is 1. The van der Waals surface area contributed by atoms with E-state index in [0.29, 0.717) is 0 Å². The molecule has 5 nitrogen and oxygen atoms in total. The van der Waals surface area contributed by atoms with Gasteiger partial charge in [0.2, 0.25) is 0 Å². The lowest BCUT2D eigenvalue weighted by molar-refractivity contribution is 0.376. The molecule has 6 heteroatoms. The summed E-state index contributed by atoms with van der Waals surface area (Å²) in [4.78, 5) is 4.64. The van der Waals surface area contributed by atoms with Crippen LogP contribution in [-0.2, 0) is 16.8 Å². The van der Waals surface area contributed by atoms with Crippen molar-refractivity contribution >= 4 is 22.3 Å². The Balaban J connectivity index is 1.89. The fourth-order valence-corrected chi connectivity index (χ4v) is 4.81. The van der Waals surface area contributed by atoms with Gasteiger partial charge in [-0.25, -0.2) is 0 Å². The molecule has 1 N–H and O–H groups in total. The van der Waals surface area contributed by atoms with E-state index in [2.05, 4.69) is 34.8 Å². The van der Waals surface area contributed by atoms with Gasteiger partial charge in [-0.3, -0.25) is 4.98 Å². The van der Waals surface area contributed by atoms with Gasteiger partial charge >= 0.3 is 0 Å². The van der Waals surface area contributed by atoms with Gasteiger partial charge in [-0.05, 0) is 50.6 Å². The molecule has 0 aliphatic heterocycles. The van der Waals surface area contributed by atoms with Gasteiger partial charge in [0, 0.05) is 39.6 Å². The van der Waals surface area contributed by atoms with E-state index >= 15 is 0 Å². The summed E-state index contributed by atoms with van der Waals surface area (Å²) in [6.07, 6.45) is 1.80. The highest BCUT2D eigenvalue weighted by Gasteiger charge is 2.41. The van der Waals surface area contributed by atoms with Crippen molar-refractivity contribution in [2.45, 2.75) is 50.8 Å². The van der Waals surface area contributed by atoms with Crippen molar-refractivity contribution in [1.82, 2.24) is 14.9 Å². The van der Waals surface area contributed by atoms with Gasteiger partial charge < -0.3 is 9.08 Å². The maximum atomic E-state index is 13.3. The third-order valence-corrected chi connectivity index (χ3v) is 7.29. The van der Waals surface area contributed by atoms with Crippen molar-refractivity contribution in [3.05, 3.63) is 84.2 Å². The van der Waals surface area contributed by atoms with E-state index in [4.69, 9.17) is 4.52 Å². The Morgan fingerprint density at radius 3 is 2.31 bits per heavy atom. The second-order valence-corrected chi connectivity index (χ2v) is 11.5. The van der Waals surface area contributed by atoms with Crippen molar-refractivity contribution in [3.63, 3.8) is 0 Å². The lowest BCUT2D eigenvalue weighted by Gasteiger charge is -2.37. The first kappa shape index (κ1) is 22.5. The summed E-state index contributed by atoms with van der Waals surface area (Å²) >= 11 is -1.29. The number of benzene rings is 2. The number of para-hydroxylation sites is 1. The number of aromatic nitrogens is 2. The molecule has 2 aromatic carbocycles. The van der Waals surface area contributed by atoms with Crippen LogP contribution in [-0.4, -0.2) is 19.4 Å². The standard InChI is InChI=1S/C26H29N3O2S/c1-25(2,3)32(30)29-24(26(4,5)22-16-10-11-17-27-22)19-13-7-6-12-18(19)23-20-14-8-9-15-21(20)31-28-23/h6-17,24,29H,1-5H3/t24-,32?/m1/s1. The summed E-state index contributed by atoms with van der Waals surface area (Å²) in [5, 5.41) is 5.35. The van der Waals surface area contributed by atoms with Crippen molar-refractivity contribution in [3.8, 4) is 11.3 Å². The minimum Gasteiger partial charge on any atom is -0.598 e. The van der Waals surface area contributed by atoms with Gasteiger partial charge in [0.25, 0.3) is 0 Å². The second kappa shape index (κ2) is 8.70. The van der Waals surface area contributed by atoms with Gasteiger partial charge in [-0.1, -0.05) is 61.5 Å². The van der Waals surface area contributed by atoms with E-state index in [1.807, 2.05) is 81.4 Å². The molecule has 2 heterocycles. The average molecular weight is 448 g/mol.